The van der Waals surface area contributed by atoms with Gasteiger partial charge in [0.2, 0.25) is 0 Å². The van der Waals surface area contributed by atoms with Crippen molar-refractivity contribution in [1.29, 1.82) is 0 Å². The van der Waals surface area contributed by atoms with Crippen molar-refractivity contribution in [2.24, 2.45) is 0 Å². The van der Waals surface area contributed by atoms with Gasteiger partial charge in [0.05, 0.1) is 0 Å². The van der Waals surface area contributed by atoms with Gasteiger partial charge in [0.1, 0.15) is 5.75 Å². The summed E-state index contributed by atoms with van der Waals surface area (Å²) < 4.78 is 17.1. The predicted molar refractivity (Wildman–Crippen MR) is 159 cm³/mol. The molecule has 0 saturated heterocycles. The van der Waals surface area contributed by atoms with Gasteiger partial charge in [-0.3, -0.25) is 4.57 Å². The predicted octanol–water partition coefficient (Wildman–Crippen LogP) is 6.60. The van der Waals surface area contributed by atoms with E-state index in [0.29, 0.717) is 5.75 Å². The van der Waals surface area contributed by atoms with Gasteiger partial charge in [0, 0.05) is 5.30 Å². The molecule has 0 heterocycles. The van der Waals surface area contributed by atoms with Crippen LogP contribution >= 0.6 is 15.3 Å². The Morgan fingerprint density at radius 1 is 0.528 bits per heavy atom. The molecule has 0 radical (unpaired) electrons. The zero-order valence-electron chi connectivity index (χ0n) is 20.5. The van der Waals surface area contributed by atoms with E-state index in [9.17, 15) is 4.57 Å². The Kier molecular flexibility index (Phi) is 9.28. The minimum Gasteiger partial charge on any atom is -0.442 e. The summed E-state index contributed by atoms with van der Waals surface area (Å²) in [6.45, 7) is 2.33. The number of rotatable bonds is 7. The summed E-state index contributed by atoms with van der Waals surface area (Å²) in [5.74, 6) is 0.644. The summed E-state index contributed by atoms with van der Waals surface area (Å²) in [5, 5.41) is 5.21. The van der Waals surface area contributed by atoms with Crippen LogP contribution in [0.3, 0.4) is 0 Å². The minimum atomic E-state index is -2.17. The second kappa shape index (κ2) is 13.0. The van der Waals surface area contributed by atoms with Crippen LogP contribution in [0.25, 0.3) is 0 Å². The second-order valence-electron chi connectivity index (χ2n) is 8.43. The van der Waals surface area contributed by atoms with Crippen molar-refractivity contribution in [3.05, 3.63) is 152 Å². The third kappa shape index (κ3) is 6.21. The average Bonchev–Trinajstić information content (AvgIpc) is 2.97. The molecule has 0 N–H and O–H groups in total. The van der Waals surface area contributed by atoms with Crippen LogP contribution in [-0.4, -0.2) is 6.16 Å². The van der Waals surface area contributed by atoms with Gasteiger partial charge in [-0.15, -0.1) is 0 Å². The number of hydrogen-bond donors (Lipinski definition) is 0. The van der Waals surface area contributed by atoms with Gasteiger partial charge in [0.25, 0.3) is 8.03 Å². The quantitative estimate of drug-likeness (QED) is 0.231. The molecule has 0 aliphatic heterocycles. The Bertz CT molecular complexity index is 1230. The zero-order valence-corrected chi connectivity index (χ0v) is 22.5. The summed E-state index contributed by atoms with van der Waals surface area (Å²) in [6.07, 6.45) is 1.17. The molecule has 0 spiro atoms. The Morgan fingerprint density at radius 3 is 1.22 bits per heavy atom. The topological polar surface area (TPSA) is 26.3 Å². The molecule has 5 aromatic carbocycles. The second-order valence-corrected chi connectivity index (χ2v) is 14.0. The Hall–Kier alpha value is -3.44. The first kappa shape index (κ1) is 25.6. The molecule has 5 rings (SSSR count). The van der Waals surface area contributed by atoms with E-state index in [1.54, 1.807) is 12.1 Å². The van der Waals surface area contributed by atoms with Gasteiger partial charge >= 0.3 is 127 Å². The fourth-order valence-corrected chi connectivity index (χ4v) is 9.95. The normalized spacial score (nSPS) is 12.0. The molecule has 36 heavy (non-hydrogen) atoms. The van der Waals surface area contributed by atoms with Crippen LogP contribution in [0.4, 0.5) is 0 Å². The maximum Gasteiger partial charge on any atom is 0.265 e. The first-order valence-corrected chi connectivity index (χ1v) is 15.8. The molecule has 0 aliphatic rings. The van der Waals surface area contributed by atoms with Crippen LogP contribution in [0, 0.1) is 0 Å². The first-order valence-electron chi connectivity index (χ1n) is 12.2. The van der Waals surface area contributed by atoms with Crippen molar-refractivity contribution in [2.75, 3.05) is 6.16 Å². The minimum absolute atomic E-state index is 0.644. The fraction of sp³-hybridized carbons (Fsp3) is 0.0625. The first-order chi connectivity index (χ1) is 17.7. The molecule has 2 nitrogen and oxygen atoms in total. The van der Waals surface area contributed by atoms with Crippen molar-refractivity contribution in [3.63, 3.8) is 0 Å². The van der Waals surface area contributed by atoms with E-state index < -0.39 is 15.3 Å². The van der Waals surface area contributed by atoms with Crippen LogP contribution in [0.2, 0.25) is 0 Å². The summed E-state index contributed by atoms with van der Waals surface area (Å²) in [6, 6.07) is 51.5. The van der Waals surface area contributed by atoms with E-state index in [1.165, 1.54) is 22.1 Å². The third-order valence-electron chi connectivity index (χ3n) is 6.29. The van der Waals surface area contributed by atoms with Gasteiger partial charge < -0.3 is 4.52 Å². The Morgan fingerprint density at radius 2 is 0.861 bits per heavy atom. The molecule has 5 aromatic rings. The van der Waals surface area contributed by atoms with E-state index in [2.05, 4.69) is 97.9 Å². The number of para-hydroxylation sites is 1. The largest absolute Gasteiger partial charge is 0.442 e. The van der Waals surface area contributed by atoms with Crippen molar-refractivity contribution in [1.82, 2.24) is 0 Å². The standard InChI is InChI=1S/C20H21P.C12H11O2P/c1-2-21(18-12-6-3-7-13-18,19-14-8-4-9-15-19)20-16-10-5-11-17-20;13-15(12-9-5-2-6-10-12)14-11-7-3-1-4-8-11/h3-17,21H,2H2,1H3;1-10,15H. The van der Waals surface area contributed by atoms with E-state index in [4.69, 9.17) is 4.52 Å². The van der Waals surface area contributed by atoms with E-state index in [0.717, 1.165) is 5.30 Å². The van der Waals surface area contributed by atoms with Crippen molar-refractivity contribution in [3.8, 4) is 5.75 Å². The van der Waals surface area contributed by atoms with Crippen LogP contribution < -0.4 is 25.7 Å². The smallest absolute Gasteiger partial charge is 0.265 e. The van der Waals surface area contributed by atoms with Crippen molar-refractivity contribution in [2.45, 2.75) is 6.92 Å². The Labute approximate surface area is 215 Å². The molecule has 0 aliphatic carbocycles. The zero-order chi connectivity index (χ0) is 25.1. The average molecular weight is 511 g/mol. The van der Waals surface area contributed by atoms with Crippen molar-refractivity contribution < 1.29 is 9.09 Å². The molecule has 0 bridgehead atoms. The molecule has 0 amide bonds. The Balaban J connectivity index is 0.000000179. The molecule has 1 unspecified atom stereocenters. The van der Waals surface area contributed by atoms with Gasteiger partial charge in [-0.2, -0.15) is 0 Å². The maximum absolute atomic E-state index is 11.8. The summed E-state index contributed by atoms with van der Waals surface area (Å²) in [4.78, 5) is 0. The molecule has 182 valence electrons. The van der Waals surface area contributed by atoms with Crippen LogP contribution in [0.15, 0.2) is 152 Å². The monoisotopic (exact) mass is 510 g/mol. The maximum atomic E-state index is 11.8. The third-order valence-corrected chi connectivity index (χ3v) is 12.5. The molecule has 1 atom stereocenters. The molecule has 0 saturated carbocycles. The van der Waals surface area contributed by atoms with Crippen LogP contribution in [-0.2, 0) is 4.57 Å². The molecule has 0 aromatic heterocycles. The molecule has 4 heteroatoms. The van der Waals surface area contributed by atoms with Crippen LogP contribution in [0.1, 0.15) is 6.92 Å². The SMILES string of the molecule is CC[PH](c1ccccc1)(c1ccccc1)c1ccccc1.O=[PH](Oc1ccccc1)c1ccccc1. The summed E-state index contributed by atoms with van der Waals surface area (Å²) in [5.41, 5.74) is 0. The number of hydrogen-bond acceptors (Lipinski definition) is 2. The van der Waals surface area contributed by atoms with Crippen molar-refractivity contribution >= 4 is 36.5 Å². The molecule has 0 fully saturated rings. The van der Waals surface area contributed by atoms with Gasteiger partial charge in [-0.05, 0) is 24.3 Å². The van der Waals surface area contributed by atoms with Gasteiger partial charge in [0.15, 0.2) is 0 Å². The van der Waals surface area contributed by atoms with E-state index in [-0.39, 0.29) is 0 Å². The fourth-order valence-electron chi connectivity index (χ4n) is 4.51. The van der Waals surface area contributed by atoms with Gasteiger partial charge in [-0.25, -0.2) is 0 Å². The van der Waals surface area contributed by atoms with Crippen LogP contribution in [0.5, 0.6) is 5.75 Å². The van der Waals surface area contributed by atoms with Gasteiger partial charge in [-0.1, -0.05) is 36.4 Å². The number of benzene rings is 5. The molecular weight excluding hydrogens is 478 g/mol. The van der Waals surface area contributed by atoms with E-state index in [1.807, 2.05) is 48.5 Å². The summed E-state index contributed by atoms with van der Waals surface area (Å²) >= 11 is 0. The molecular formula is C32H32O2P2. The summed E-state index contributed by atoms with van der Waals surface area (Å²) in [7, 11) is -4.07. The van der Waals surface area contributed by atoms with E-state index >= 15 is 0 Å².